The number of benzene rings is 1. The number of ether oxygens (including phenoxy) is 1. The van der Waals surface area contributed by atoms with Crippen molar-refractivity contribution in [3.63, 3.8) is 0 Å². The second-order valence-corrected chi connectivity index (χ2v) is 6.75. The molecule has 1 aromatic heterocycles. The van der Waals surface area contributed by atoms with Crippen LogP contribution in [0.15, 0.2) is 34.8 Å². The Bertz CT molecular complexity index is 742. The van der Waals surface area contributed by atoms with Crippen molar-refractivity contribution in [2.45, 2.75) is 11.4 Å². The van der Waals surface area contributed by atoms with Crippen LogP contribution < -0.4 is 10.5 Å². The number of nitrogens with two attached hydrogens (primary N) is 1. The molecule has 2 aromatic rings. The van der Waals surface area contributed by atoms with Crippen LogP contribution in [0.4, 0.5) is 5.69 Å². The molecule has 0 aliphatic heterocycles. The standard InChI is InChI=1S/C12H13N3O4S2/c1-19-12(16)10-4-8(13)2-3-11(10)21(17,18)15-6-9-5-14-7-20-9/h2-5,7,15H,6,13H2,1H3. The van der Waals surface area contributed by atoms with Gasteiger partial charge in [-0.3, -0.25) is 4.98 Å². The average Bonchev–Trinajstić information content (AvgIpc) is 2.97. The Morgan fingerprint density at radius 3 is 2.86 bits per heavy atom. The molecule has 0 saturated heterocycles. The topological polar surface area (TPSA) is 111 Å². The highest BCUT2D eigenvalue weighted by molar-refractivity contribution is 7.89. The molecule has 1 aromatic carbocycles. The number of hydrogen-bond acceptors (Lipinski definition) is 7. The van der Waals surface area contributed by atoms with E-state index in [1.54, 1.807) is 11.7 Å². The summed E-state index contributed by atoms with van der Waals surface area (Å²) in [4.78, 5) is 16.1. The van der Waals surface area contributed by atoms with E-state index >= 15 is 0 Å². The number of carbonyl (C=O) groups excluding carboxylic acids is 1. The van der Waals surface area contributed by atoms with Crippen molar-refractivity contribution in [1.29, 1.82) is 0 Å². The first-order valence-corrected chi connectivity index (χ1v) is 8.15. The number of carbonyl (C=O) groups is 1. The van der Waals surface area contributed by atoms with E-state index < -0.39 is 16.0 Å². The SMILES string of the molecule is COC(=O)c1cc(N)ccc1S(=O)(=O)NCc1cncs1. The van der Waals surface area contributed by atoms with Gasteiger partial charge in [-0.05, 0) is 18.2 Å². The van der Waals surface area contributed by atoms with Crippen LogP contribution in [0.5, 0.6) is 0 Å². The summed E-state index contributed by atoms with van der Waals surface area (Å²) in [6, 6.07) is 3.96. The highest BCUT2D eigenvalue weighted by Gasteiger charge is 2.23. The van der Waals surface area contributed by atoms with Crippen molar-refractivity contribution >= 4 is 33.0 Å². The van der Waals surface area contributed by atoms with Gasteiger partial charge in [0.25, 0.3) is 0 Å². The van der Waals surface area contributed by atoms with Gasteiger partial charge < -0.3 is 10.5 Å². The van der Waals surface area contributed by atoms with Crippen molar-refractivity contribution in [2.24, 2.45) is 0 Å². The Kier molecular flexibility index (Phi) is 4.56. The molecule has 0 aliphatic carbocycles. The van der Waals surface area contributed by atoms with Gasteiger partial charge in [0.1, 0.15) is 0 Å². The second kappa shape index (κ2) is 6.20. The first-order valence-electron chi connectivity index (χ1n) is 5.79. The van der Waals surface area contributed by atoms with Crippen LogP contribution in [-0.2, 0) is 21.3 Å². The summed E-state index contributed by atoms with van der Waals surface area (Å²) in [6.07, 6.45) is 1.57. The van der Waals surface area contributed by atoms with Gasteiger partial charge in [0, 0.05) is 23.3 Å². The molecular formula is C12H13N3O4S2. The van der Waals surface area contributed by atoms with Gasteiger partial charge >= 0.3 is 5.97 Å². The highest BCUT2D eigenvalue weighted by Crippen LogP contribution is 2.20. The fourth-order valence-electron chi connectivity index (χ4n) is 1.62. The second-order valence-electron chi connectivity index (χ2n) is 4.04. The van der Waals surface area contributed by atoms with Gasteiger partial charge in [0.2, 0.25) is 10.0 Å². The lowest BCUT2D eigenvalue weighted by atomic mass is 10.2. The summed E-state index contributed by atoms with van der Waals surface area (Å²) in [5.74, 6) is -0.763. The Hall–Kier alpha value is -1.97. The fraction of sp³-hybridized carbons (Fsp3) is 0.167. The van der Waals surface area contributed by atoms with Crippen LogP contribution in [-0.4, -0.2) is 26.5 Å². The van der Waals surface area contributed by atoms with E-state index in [-0.39, 0.29) is 22.7 Å². The number of thiazole rings is 1. The lowest BCUT2D eigenvalue weighted by Crippen LogP contribution is -2.25. The van der Waals surface area contributed by atoms with Gasteiger partial charge in [-0.2, -0.15) is 0 Å². The maximum absolute atomic E-state index is 12.3. The summed E-state index contributed by atoms with van der Waals surface area (Å²) in [5, 5.41) is 0. The fourth-order valence-corrected chi connectivity index (χ4v) is 3.43. The molecule has 0 fully saturated rings. The van der Waals surface area contributed by atoms with E-state index in [0.29, 0.717) is 0 Å². The molecule has 0 atom stereocenters. The van der Waals surface area contributed by atoms with Crippen molar-refractivity contribution in [2.75, 3.05) is 12.8 Å². The van der Waals surface area contributed by atoms with E-state index in [1.165, 1.54) is 36.6 Å². The molecule has 0 amide bonds. The number of sulfonamides is 1. The van der Waals surface area contributed by atoms with Crippen LogP contribution in [0, 0.1) is 0 Å². The number of hydrogen-bond donors (Lipinski definition) is 2. The van der Waals surface area contributed by atoms with Crippen molar-refractivity contribution in [3.8, 4) is 0 Å². The minimum absolute atomic E-state index is 0.0952. The third-order valence-corrected chi connectivity index (χ3v) is 4.86. The lowest BCUT2D eigenvalue weighted by Gasteiger charge is -2.10. The minimum atomic E-state index is -3.87. The number of nitrogens with zero attached hydrogens (tertiary/aromatic N) is 1. The summed E-state index contributed by atoms with van der Waals surface area (Å²) >= 11 is 1.33. The Labute approximate surface area is 125 Å². The van der Waals surface area contributed by atoms with Crippen LogP contribution >= 0.6 is 11.3 Å². The molecule has 0 unspecified atom stereocenters. The van der Waals surface area contributed by atoms with E-state index in [1.807, 2.05) is 0 Å². The van der Waals surface area contributed by atoms with Crippen LogP contribution in [0.2, 0.25) is 0 Å². The maximum atomic E-state index is 12.3. The molecule has 9 heteroatoms. The quantitative estimate of drug-likeness (QED) is 0.626. The predicted molar refractivity (Wildman–Crippen MR) is 78.3 cm³/mol. The van der Waals surface area contributed by atoms with Crippen LogP contribution in [0.25, 0.3) is 0 Å². The van der Waals surface area contributed by atoms with Gasteiger partial charge in [0.05, 0.1) is 23.1 Å². The molecule has 2 rings (SSSR count). The zero-order chi connectivity index (χ0) is 15.5. The first-order chi connectivity index (χ1) is 9.94. The molecule has 3 N–H and O–H groups in total. The number of methoxy groups -OCH3 is 1. The van der Waals surface area contributed by atoms with E-state index in [0.717, 1.165) is 4.88 Å². The molecule has 0 radical (unpaired) electrons. The first kappa shape index (κ1) is 15.4. The third kappa shape index (κ3) is 3.57. The smallest absolute Gasteiger partial charge is 0.339 e. The summed E-state index contributed by atoms with van der Waals surface area (Å²) in [6.45, 7) is 0.0952. The van der Waals surface area contributed by atoms with Gasteiger partial charge in [-0.25, -0.2) is 17.9 Å². The van der Waals surface area contributed by atoms with E-state index in [2.05, 4.69) is 14.4 Å². The number of nitrogens with one attached hydrogen (secondary N) is 1. The molecular weight excluding hydrogens is 314 g/mol. The Balaban J connectivity index is 2.33. The zero-order valence-electron chi connectivity index (χ0n) is 11.1. The molecule has 0 bridgehead atoms. The van der Waals surface area contributed by atoms with Gasteiger partial charge in [-0.15, -0.1) is 11.3 Å². The zero-order valence-corrected chi connectivity index (χ0v) is 12.7. The Morgan fingerprint density at radius 2 is 2.24 bits per heavy atom. The molecule has 1 heterocycles. The third-order valence-electron chi connectivity index (χ3n) is 2.62. The summed E-state index contributed by atoms with van der Waals surface area (Å²) < 4.78 is 31.6. The normalized spacial score (nSPS) is 11.3. The van der Waals surface area contributed by atoms with Crippen molar-refractivity contribution < 1.29 is 17.9 Å². The van der Waals surface area contributed by atoms with Crippen LogP contribution in [0.1, 0.15) is 15.2 Å². The summed E-state index contributed by atoms with van der Waals surface area (Å²) in [7, 11) is -2.69. The largest absolute Gasteiger partial charge is 0.465 e. The average molecular weight is 327 g/mol. The van der Waals surface area contributed by atoms with Crippen molar-refractivity contribution in [3.05, 3.63) is 40.3 Å². The van der Waals surface area contributed by atoms with Crippen LogP contribution in [0.3, 0.4) is 0 Å². The molecule has 0 spiro atoms. The number of esters is 1. The van der Waals surface area contributed by atoms with E-state index in [9.17, 15) is 13.2 Å². The molecule has 112 valence electrons. The number of aromatic nitrogens is 1. The summed E-state index contributed by atoms with van der Waals surface area (Å²) in [5.41, 5.74) is 7.36. The molecule has 0 aliphatic rings. The maximum Gasteiger partial charge on any atom is 0.339 e. The lowest BCUT2D eigenvalue weighted by molar-refractivity contribution is 0.0596. The molecule has 0 saturated carbocycles. The molecule has 21 heavy (non-hydrogen) atoms. The number of nitrogen functional groups attached to an aromatic ring is 1. The van der Waals surface area contributed by atoms with Gasteiger partial charge in [0.15, 0.2) is 0 Å². The van der Waals surface area contributed by atoms with Crippen molar-refractivity contribution in [1.82, 2.24) is 9.71 Å². The highest BCUT2D eigenvalue weighted by atomic mass is 32.2. The number of rotatable bonds is 5. The Morgan fingerprint density at radius 1 is 1.48 bits per heavy atom. The predicted octanol–water partition coefficient (Wildman–Crippen LogP) is 0.990. The molecule has 7 nitrogen and oxygen atoms in total. The minimum Gasteiger partial charge on any atom is -0.465 e. The monoisotopic (exact) mass is 327 g/mol. The van der Waals surface area contributed by atoms with Gasteiger partial charge in [-0.1, -0.05) is 0 Å². The number of anilines is 1. The van der Waals surface area contributed by atoms with E-state index in [4.69, 9.17) is 5.73 Å².